The summed E-state index contributed by atoms with van der Waals surface area (Å²) in [5, 5.41) is 2.50. The van der Waals surface area contributed by atoms with Crippen molar-refractivity contribution in [1.82, 2.24) is 0 Å². The molecule has 0 radical (unpaired) electrons. The minimum atomic E-state index is -4.27. The predicted molar refractivity (Wildman–Crippen MR) is 85.0 cm³/mol. The van der Waals surface area contributed by atoms with Gasteiger partial charge in [-0.05, 0) is 36.4 Å². The van der Waals surface area contributed by atoms with Crippen LogP contribution >= 0.6 is 15.9 Å². The van der Waals surface area contributed by atoms with Crippen molar-refractivity contribution in [3.05, 3.63) is 58.6 Å². The number of anilines is 1. The summed E-state index contributed by atoms with van der Waals surface area (Å²) < 4.78 is 55.8. The molecule has 0 aliphatic carbocycles. The molecule has 0 aliphatic rings. The number of ether oxygens (including phenoxy) is 1. The molecule has 0 saturated carbocycles. The van der Waals surface area contributed by atoms with Gasteiger partial charge >= 0.3 is 12.3 Å². The maximum Gasteiger partial charge on any atom is 0.340 e. The summed E-state index contributed by atoms with van der Waals surface area (Å²) in [6.45, 7) is -1.49. The van der Waals surface area contributed by atoms with Crippen LogP contribution in [0.2, 0.25) is 0 Å². The summed E-state index contributed by atoms with van der Waals surface area (Å²) in [4.78, 5) is 12.1. The number of hydrogen-bond acceptors (Lipinski definition) is 2. The zero-order valence-electron chi connectivity index (χ0n) is 12.1. The summed E-state index contributed by atoms with van der Waals surface area (Å²) in [5.74, 6) is -4.88. The van der Waals surface area contributed by atoms with Crippen molar-refractivity contribution in [1.29, 1.82) is 0 Å². The van der Waals surface area contributed by atoms with Gasteiger partial charge in [-0.25, -0.2) is 8.78 Å². The van der Waals surface area contributed by atoms with Gasteiger partial charge in [0.1, 0.15) is 5.75 Å². The molecule has 8 heteroatoms. The molecule has 0 unspecified atom stereocenters. The van der Waals surface area contributed by atoms with Crippen molar-refractivity contribution in [2.75, 3.05) is 11.9 Å². The van der Waals surface area contributed by atoms with Gasteiger partial charge in [0.25, 0.3) is 5.91 Å². The highest BCUT2D eigenvalue weighted by Crippen LogP contribution is 2.28. The van der Waals surface area contributed by atoms with Crippen molar-refractivity contribution >= 4 is 27.5 Å². The van der Waals surface area contributed by atoms with E-state index in [9.17, 15) is 22.4 Å². The zero-order valence-corrected chi connectivity index (χ0v) is 13.7. The van der Waals surface area contributed by atoms with E-state index in [-0.39, 0.29) is 11.4 Å². The highest BCUT2D eigenvalue weighted by molar-refractivity contribution is 9.10. The first-order valence-corrected chi connectivity index (χ1v) is 7.53. The molecule has 0 saturated heterocycles. The van der Waals surface area contributed by atoms with E-state index < -0.39 is 24.9 Å². The third kappa shape index (κ3) is 4.70. The second-order valence-corrected chi connectivity index (χ2v) is 5.72. The van der Waals surface area contributed by atoms with Gasteiger partial charge in [-0.2, -0.15) is 8.78 Å². The number of halogens is 5. The molecule has 2 aromatic carbocycles. The van der Waals surface area contributed by atoms with Crippen molar-refractivity contribution in [2.24, 2.45) is 0 Å². The smallest absolute Gasteiger partial charge is 0.340 e. The standard InChI is InChI=1S/C16H12BrF4NO2/c17-11-7-5-10(6-8-11)14(23)22-12-3-1-2-4-13(12)24-9-16(20,21)15(18)19/h1-8,15H,9H2,(H,22,23). The van der Waals surface area contributed by atoms with Crippen LogP contribution in [0.15, 0.2) is 53.0 Å². The summed E-state index contributed by atoms with van der Waals surface area (Å²) in [5.41, 5.74) is 0.446. The van der Waals surface area contributed by atoms with E-state index >= 15 is 0 Å². The van der Waals surface area contributed by atoms with E-state index in [1.807, 2.05) is 0 Å². The third-order valence-corrected chi connectivity index (χ3v) is 3.51. The van der Waals surface area contributed by atoms with Crippen LogP contribution in [-0.2, 0) is 0 Å². The SMILES string of the molecule is O=C(Nc1ccccc1OCC(F)(F)C(F)F)c1ccc(Br)cc1. The molecule has 24 heavy (non-hydrogen) atoms. The average molecular weight is 406 g/mol. The first kappa shape index (κ1) is 18.3. The first-order chi connectivity index (χ1) is 11.3. The summed E-state index contributed by atoms with van der Waals surface area (Å²) in [6, 6.07) is 12.2. The second kappa shape index (κ2) is 7.65. The molecule has 1 N–H and O–H groups in total. The molecule has 0 heterocycles. The molecule has 3 nitrogen and oxygen atoms in total. The lowest BCUT2D eigenvalue weighted by atomic mass is 10.2. The first-order valence-electron chi connectivity index (χ1n) is 6.74. The summed E-state index contributed by atoms with van der Waals surface area (Å²) in [7, 11) is 0. The summed E-state index contributed by atoms with van der Waals surface area (Å²) >= 11 is 3.24. The van der Waals surface area contributed by atoms with Crippen LogP contribution in [0.3, 0.4) is 0 Å². The Morgan fingerprint density at radius 2 is 1.75 bits per heavy atom. The Morgan fingerprint density at radius 1 is 1.12 bits per heavy atom. The lowest BCUT2D eigenvalue weighted by Gasteiger charge is -2.18. The maximum absolute atomic E-state index is 13.0. The largest absolute Gasteiger partial charge is 0.485 e. The number of nitrogens with one attached hydrogen (secondary N) is 1. The van der Waals surface area contributed by atoms with Crippen LogP contribution in [-0.4, -0.2) is 24.9 Å². The zero-order chi connectivity index (χ0) is 17.7. The Hall–Kier alpha value is -2.09. The molecule has 1 amide bonds. The maximum atomic E-state index is 13.0. The highest BCUT2D eigenvalue weighted by Gasteiger charge is 2.41. The molecular weight excluding hydrogens is 394 g/mol. The molecule has 0 atom stereocenters. The predicted octanol–water partition coefficient (Wildman–Crippen LogP) is 4.98. The number of rotatable bonds is 6. The van der Waals surface area contributed by atoms with Gasteiger partial charge < -0.3 is 10.1 Å². The van der Waals surface area contributed by atoms with E-state index in [4.69, 9.17) is 4.74 Å². The minimum absolute atomic E-state index is 0.107. The minimum Gasteiger partial charge on any atom is -0.485 e. The summed E-state index contributed by atoms with van der Waals surface area (Å²) in [6.07, 6.45) is -3.83. The topological polar surface area (TPSA) is 38.3 Å². The fraction of sp³-hybridized carbons (Fsp3) is 0.188. The number of alkyl halides is 4. The van der Waals surface area contributed by atoms with E-state index in [1.165, 1.54) is 18.2 Å². The Kier molecular flexibility index (Phi) is 5.82. The Balaban J connectivity index is 2.11. The van der Waals surface area contributed by atoms with Gasteiger partial charge in [-0.1, -0.05) is 28.1 Å². The third-order valence-electron chi connectivity index (χ3n) is 2.98. The normalized spacial score (nSPS) is 11.4. The van der Waals surface area contributed by atoms with Crippen LogP contribution in [0.5, 0.6) is 5.75 Å². The molecule has 0 fully saturated rings. The average Bonchev–Trinajstić information content (AvgIpc) is 2.54. The Morgan fingerprint density at radius 3 is 2.38 bits per heavy atom. The number of carbonyl (C=O) groups excluding carboxylic acids is 1. The van der Waals surface area contributed by atoms with Gasteiger partial charge in [0, 0.05) is 10.0 Å². The fourth-order valence-electron chi connectivity index (χ4n) is 1.73. The van der Waals surface area contributed by atoms with Gasteiger partial charge in [0.05, 0.1) is 5.69 Å². The fourth-order valence-corrected chi connectivity index (χ4v) is 1.99. The van der Waals surface area contributed by atoms with Crippen LogP contribution in [0.25, 0.3) is 0 Å². The van der Waals surface area contributed by atoms with Crippen LogP contribution in [0, 0.1) is 0 Å². The van der Waals surface area contributed by atoms with E-state index in [0.717, 1.165) is 4.47 Å². The van der Waals surface area contributed by atoms with Gasteiger partial charge in [0.15, 0.2) is 6.61 Å². The Bertz CT molecular complexity index is 707. The van der Waals surface area contributed by atoms with Crippen molar-refractivity contribution in [2.45, 2.75) is 12.3 Å². The Labute approximate surface area is 143 Å². The van der Waals surface area contributed by atoms with Crippen molar-refractivity contribution in [3.63, 3.8) is 0 Å². The van der Waals surface area contributed by atoms with Crippen LogP contribution in [0.1, 0.15) is 10.4 Å². The molecule has 128 valence electrons. The lowest BCUT2D eigenvalue weighted by molar-refractivity contribution is -0.148. The molecule has 0 spiro atoms. The van der Waals surface area contributed by atoms with Gasteiger partial charge in [-0.3, -0.25) is 4.79 Å². The monoisotopic (exact) mass is 405 g/mol. The molecule has 2 rings (SSSR count). The van der Waals surface area contributed by atoms with Gasteiger partial charge in [0.2, 0.25) is 0 Å². The van der Waals surface area contributed by atoms with Gasteiger partial charge in [-0.15, -0.1) is 0 Å². The van der Waals surface area contributed by atoms with Crippen molar-refractivity contribution < 1.29 is 27.1 Å². The number of benzene rings is 2. The molecule has 0 aliphatic heterocycles. The second-order valence-electron chi connectivity index (χ2n) is 4.81. The van der Waals surface area contributed by atoms with Crippen LogP contribution < -0.4 is 10.1 Å². The van der Waals surface area contributed by atoms with Crippen molar-refractivity contribution in [3.8, 4) is 5.75 Å². The van der Waals surface area contributed by atoms with E-state index in [2.05, 4.69) is 21.2 Å². The van der Waals surface area contributed by atoms with E-state index in [0.29, 0.717) is 5.56 Å². The van der Waals surface area contributed by atoms with Crippen LogP contribution in [0.4, 0.5) is 23.2 Å². The number of para-hydroxylation sites is 2. The molecular formula is C16H12BrF4NO2. The number of amides is 1. The molecule has 2 aromatic rings. The number of carbonyl (C=O) groups is 1. The molecule has 0 bridgehead atoms. The quantitative estimate of drug-likeness (QED) is 0.688. The lowest BCUT2D eigenvalue weighted by Crippen LogP contribution is -2.33. The van der Waals surface area contributed by atoms with E-state index in [1.54, 1.807) is 30.3 Å². The highest BCUT2D eigenvalue weighted by atomic mass is 79.9. The number of hydrogen-bond donors (Lipinski definition) is 1. The molecule has 0 aromatic heterocycles.